The number of ether oxygens (including phenoxy) is 1. The predicted molar refractivity (Wildman–Crippen MR) is 68.7 cm³/mol. The van der Waals surface area contributed by atoms with Gasteiger partial charge in [-0.25, -0.2) is 0 Å². The Hall–Kier alpha value is -0.650. The summed E-state index contributed by atoms with van der Waals surface area (Å²) in [5.74, 6) is -0.703. The van der Waals surface area contributed by atoms with Gasteiger partial charge in [0.1, 0.15) is 0 Å². The highest BCUT2D eigenvalue weighted by Crippen LogP contribution is 2.22. The van der Waals surface area contributed by atoms with Gasteiger partial charge in [-0.2, -0.15) is 0 Å². The van der Waals surface area contributed by atoms with E-state index in [0.717, 1.165) is 39.1 Å². The molecule has 2 aliphatic heterocycles. The maximum Gasteiger partial charge on any atom is 0.303 e. The molecule has 0 bridgehead atoms. The highest BCUT2D eigenvalue weighted by Gasteiger charge is 2.31. The molecule has 0 radical (unpaired) electrons. The normalized spacial score (nSPS) is 28.2. The van der Waals surface area contributed by atoms with Crippen molar-refractivity contribution < 1.29 is 14.6 Å². The van der Waals surface area contributed by atoms with Gasteiger partial charge in [0, 0.05) is 25.6 Å². The molecule has 0 aromatic heterocycles. The average molecular weight is 256 g/mol. The number of rotatable bonds is 7. The van der Waals surface area contributed by atoms with Gasteiger partial charge in [0.15, 0.2) is 0 Å². The molecule has 0 saturated carbocycles. The van der Waals surface area contributed by atoms with E-state index in [0.29, 0.717) is 12.1 Å². The van der Waals surface area contributed by atoms with E-state index in [1.54, 1.807) is 0 Å². The lowest BCUT2D eigenvalue weighted by molar-refractivity contribution is -0.137. The SMILES string of the molecule is O=C(O)CCCCNCC1CN2CCCC2CO1. The van der Waals surface area contributed by atoms with Gasteiger partial charge >= 0.3 is 5.97 Å². The number of aliphatic carboxylic acids is 1. The van der Waals surface area contributed by atoms with Crippen LogP contribution in [0.4, 0.5) is 0 Å². The highest BCUT2D eigenvalue weighted by molar-refractivity contribution is 5.66. The molecule has 0 aromatic carbocycles. The lowest BCUT2D eigenvalue weighted by atomic mass is 10.2. The summed E-state index contributed by atoms with van der Waals surface area (Å²) in [4.78, 5) is 12.9. The minimum absolute atomic E-state index is 0.275. The molecule has 5 heteroatoms. The molecule has 2 rings (SSSR count). The van der Waals surface area contributed by atoms with E-state index in [-0.39, 0.29) is 6.42 Å². The van der Waals surface area contributed by atoms with Gasteiger partial charge < -0.3 is 15.2 Å². The first-order valence-corrected chi connectivity index (χ1v) is 7.04. The summed E-state index contributed by atoms with van der Waals surface area (Å²) < 4.78 is 5.84. The maximum absolute atomic E-state index is 10.3. The maximum atomic E-state index is 10.3. The molecule has 0 amide bonds. The van der Waals surface area contributed by atoms with E-state index >= 15 is 0 Å². The molecule has 2 unspecified atom stereocenters. The first-order chi connectivity index (χ1) is 8.75. The zero-order valence-electron chi connectivity index (χ0n) is 10.9. The van der Waals surface area contributed by atoms with Crippen molar-refractivity contribution >= 4 is 5.97 Å². The lowest BCUT2D eigenvalue weighted by Crippen LogP contribution is -2.49. The standard InChI is InChI=1S/C13H24N2O3/c16-13(17)5-1-2-6-14-8-12-9-15-7-3-4-11(15)10-18-12/h11-12,14H,1-10H2,(H,16,17). The fourth-order valence-corrected chi connectivity index (χ4v) is 2.80. The van der Waals surface area contributed by atoms with Crippen LogP contribution < -0.4 is 5.32 Å². The Morgan fingerprint density at radius 1 is 1.44 bits per heavy atom. The minimum atomic E-state index is -0.703. The van der Waals surface area contributed by atoms with Crippen LogP contribution in [0.2, 0.25) is 0 Å². The van der Waals surface area contributed by atoms with Crippen LogP contribution in [-0.2, 0) is 9.53 Å². The van der Waals surface area contributed by atoms with Crippen LogP contribution in [0.15, 0.2) is 0 Å². The highest BCUT2D eigenvalue weighted by atomic mass is 16.5. The molecule has 2 atom stereocenters. The Morgan fingerprint density at radius 2 is 2.33 bits per heavy atom. The van der Waals surface area contributed by atoms with E-state index in [1.165, 1.54) is 19.4 Å². The molecule has 5 nitrogen and oxygen atoms in total. The summed E-state index contributed by atoms with van der Waals surface area (Å²) >= 11 is 0. The third-order valence-corrected chi connectivity index (χ3v) is 3.83. The number of carboxylic acid groups (broad SMARTS) is 1. The van der Waals surface area contributed by atoms with Crippen molar-refractivity contribution in [2.75, 3.05) is 32.8 Å². The lowest BCUT2D eigenvalue weighted by Gasteiger charge is -2.35. The molecule has 2 heterocycles. The van der Waals surface area contributed by atoms with Gasteiger partial charge in [0.25, 0.3) is 0 Å². The predicted octanol–water partition coefficient (Wildman–Crippen LogP) is 0.694. The Balaban J connectivity index is 1.50. The second-order valence-corrected chi connectivity index (χ2v) is 5.30. The summed E-state index contributed by atoms with van der Waals surface area (Å²) in [7, 11) is 0. The summed E-state index contributed by atoms with van der Waals surface area (Å²) in [6, 6.07) is 0.664. The monoisotopic (exact) mass is 256 g/mol. The van der Waals surface area contributed by atoms with Crippen molar-refractivity contribution in [2.24, 2.45) is 0 Å². The largest absolute Gasteiger partial charge is 0.481 e. The van der Waals surface area contributed by atoms with E-state index < -0.39 is 5.97 Å². The number of unbranched alkanes of at least 4 members (excludes halogenated alkanes) is 1. The number of nitrogens with zero attached hydrogens (tertiary/aromatic N) is 1. The summed E-state index contributed by atoms with van der Waals surface area (Å²) in [6.45, 7) is 4.92. The third-order valence-electron chi connectivity index (χ3n) is 3.83. The van der Waals surface area contributed by atoms with Crippen molar-refractivity contribution in [1.29, 1.82) is 0 Å². The molecule has 0 spiro atoms. The molecule has 2 fully saturated rings. The number of carbonyl (C=O) groups is 1. The number of hydrogen-bond donors (Lipinski definition) is 2. The number of carboxylic acids is 1. The fourth-order valence-electron chi connectivity index (χ4n) is 2.80. The second kappa shape index (κ2) is 7.07. The van der Waals surface area contributed by atoms with Crippen molar-refractivity contribution in [3.8, 4) is 0 Å². The molecule has 2 aliphatic rings. The Kier molecular flexibility index (Phi) is 5.41. The molecule has 104 valence electrons. The van der Waals surface area contributed by atoms with Crippen LogP contribution >= 0.6 is 0 Å². The van der Waals surface area contributed by atoms with Gasteiger partial charge in [-0.15, -0.1) is 0 Å². The van der Waals surface area contributed by atoms with Gasteiger partial charge in [-0.05, 0) is 38.8 Å². The van der Waals surface area contributed by atoms with Crippen LogP contribution in [0.25, 0.3) is 0 Å². The molecule has 2 N–H and O–H groups in total. The number of fused-ring (bicyclic) bond motifs is 1. The molecule has 0 aromatic rings. The van der Waals surface area contributed by atoms with E-state index in [1.807, 2.05) is 0 Å². The first kappa shape index (κ1) is 13.8. The van der Waals surface area contributed by atoms with E-state index in [9.17, 15) is 4.79 Å². The molecular formula is C13H24N2O3. The van der Waals surface area contributed by atoms with Crippen LogP contribution in [0.3, 0.4) is 0 Å². The van der Waals surface area contributed by atoms with Crippen molar-refractivity contribution in [2.45, 2.75) is 44.2 Å². The average Bonchev–Trinajstić information content (AvgIpc) is 2.80. The van der Waals surface area contributed by atoms with Gasteiger partial charge in [-0.3, -0.25) is 9.69 Å². The van der Waals surface area contributed by atoms with Crippen LogP contribution in [-0.4, -0.2) is 60.9 Å². The summed E-state index contributed by atoms with van der Waals surface area (Å²) in [6.07, 6.45) is 4.85. The zero-order chi connectivity index (χ0) is 12.8. The van der Waals surface area contributed by atoms with Gasteiger partial charge in [0.05, 0.1) is 12.7 Å². The molecule has 0 aliphatic carbocycles. The Labute approximate surface area is 108 Å². The Morgan fingerprint density at radius 3 is 3.17 bits per heavy atom. The smallest absolute Gasteiger partial charge is 0.303 e. The van der Waals surface area contributed by atoms with E-state index in [4.69, 9.17) is 9.84 Å². The summed E-state index contributed by atoms with van der Waals surface area (Å²) in [5, 5.41) is 11.9. The van der Waals surface area contributed by atoms with Crippen LogP contribution in [0.5, 0.6) is 0 Å². The van der Waals surface area contributed by atoms with Crippen LogP contribution in [0.1, 0.15) is 32.1 Å². The summed E-state index contributed by atoms with van der Waals surface area (Å²) in [5.41, 5.74) is 0. The Bertz CT molecular complexity index is 273. The van der Waals surface area contributed by atoms with Crippen molar-refractivity contribution in [1.82, 2.24) is 10.2 Å². The molecular weight excluding hydrogens is 232 g/mol. The number of nitrogens with one attached hydrogen (secondary N) is 1. The van der Waals surface area contributed by atoms with E-state index in [2.05, 4.69) is 10.2 Å². The van der Waals surface area contributed by atoms with Gasteiger partial charge in [-0.1, -0.05) is 0 Å². The number of hydrogen-bond acceptors (Lipinski definition) is 4. The van der Waals surface area contributed by atoms with Crippen molar-refractivity contribution in [3.63, 3.8) is 0 Å². The molecule has 2 saturated heterocycles. The van der Waals surface area contributed by atoms with Gasteiger partial charge in [0.2, 0.25) is 0 Å². The van der Waals surface area contributed by atoms with Crippen molar-refractivity contribution in [3.05, 3.63) is 0 Å². The molecule has 18 heavy (non-hydrogen) atoms. The fraction of sp³-hybridized carbons (Fsp3) is 0.923. The second-order valence-electron chi connectivity index (χ2n) is 5.30. The zero-order valence-corrected chi connectivity index (χ0v) is 10.9. The minimum Gasteiger partial charge on any atom is -0.481 e. The number of morpholine rings is 1. The topological polar surface area (TPSA) is 61.8 Å². The van der Waals surface area contributed by atoms with Crippen LogP contribution in [0, 0.1) is 0 Å². The first-order valence-electron chi connectivity index (χ1n) is 7.04. The quantitative estimate of drug-likeness (QED) is 0.656. The third kappa shape index (κ3) is 4.23.